The molecule has 1 saturated heterocycles. The van der Waals surface area contributed by atoms with Crippen LogP contribution in [0.3, 0.4) is 0 Å². The summed E-state index contributed by atoms with van der Waals surface area (Å²) in [5, 5.41) is 12.0. The number of carbonyl (C=O) groups excluding carboxylic acids is 2. The van der Waals surface area contributed by atoms with Crippen molar-refractivity contribution in [3.63, 3.8) is 0 Å². The molecular formula is C25H19Cl2NO4. The predicted molar refractivity (Wildman–Crippen MR) is 125 cm³/mol. The molecule has 0 radical (unpaired) electrons. The van der Waals surface area contributed by atoms with Gasteiger partial charge in [-0.05, 0) is 61.0 Å². The van der Waals surface area contributed by atoms with Crippen molar-refractivity contribution in [2.45, 2.75) is 13.0 Å². The van der Waals surface area contributed by atoms with Crippen molar-refractivity contribution < 1.29 is 19.4 Å². The lowest BCUT2D eigenvalue weighted by molar-refractivity contribution is -0.132. The zero-order chi connectivity index (χ0) is 22.8. The first kappa shape index (κ1) is 21.9. The first-order valence-electron chi connectivity index (χ1n) is 9.96. The maximum Gasteiger partial charge on any atom is 0.300 e. The number of Topliss-reactive ketones (excluding diaryl/α,β-unsaturated/α-hetero) is 1. The number of aliphatic hydroxyl groups is 1. The second kappa shape index (κ2) is 9.07. The second-order valence-electron chi connectivity index (χ2n) is 7.16. The van der Waals surface area contributed by atoms with Gasteiger partial charge in [-0.3, -0.25) is 14.5 Å². The van der Waals surface area contributed by atoms with Crippen LogP contribution in [0.5, 0.6) is 5.75 Å². The molecule has 3 aromatic carbocycles. The number of halogens is 2. The number of hydrogen-bond acceptors (Lipinski definition) is 4. The summed E-state index contributed by atoms with van der Waals surface area (Å²) in [7, 11) is 0. The Morgan fingerprint density at radius 3 is 2.28 bits per heavy atom. The topological polar surface area (TPSA) is 66.8 Å². The fraction of sp³-hybridized carbons (Fsp3) is 0.120. The summed E-state index contributed by atoms with van der Waals surface area (Å²) in [4.78, 5) is 27.6. The number of carbonyl (C=O) groups is 2. The van der Waals surface area contributed by atoms with Gasteiger partial charge in [-0.2, -0.15) is 0 Å². The van der Waals surface area contributed by atoms with E-state index in [9.17, 15) is 14.7 Å². The van der Waals surface area contributed by atoms with Crippen LogP contribution in [0, 0.1) is 0 Å². The van der Waals surface area contributed by atoms with Crippen molar-refractivity contribution in [3.05, 3.63) is 99.5 Å². The average molecular weight is 468 g/mol. The summed E-state index contributed by atoms with van der Waals surface area (Å²) in [6.45, 7) is 2.39. The summed E-state index contributed by atoms with van der Waals surface area (Å²) >= 11 is 12.1. The molecule has 1 amide bonds. The molecule has 1 aliphatic rings. The van der Waals surface area contributed by atoms with Crippen LogP contribution in [0.15, 0.2) is 78.4 Å². The van der Waals surface area contributed by atoms with Crippen molar-refractivity contribution in [1.82, 2.24) is 0 Å². The van der Waals surface area contributed by atoms with Gasteiger partial charge in [-0.15, -0.1) is 0 Å². The van der Waals surface area contributed by atoms with E-state index in [2.05, 4.69) is 0 Å². The van der Waals surface area contributed by atoms with Crippen LogP contribution in [0.4, 0.5) is 5.69 Å². The van der Waals surface area contributed by atoms with Gasteiger partial charge in [0.15, 0.2) is 0 Å². The standard InChI is InChI=1S/C25H19Cl2NO4/c1-2-32-20-12-6-15(7-13-20)22-21(23(29)16-4-3-5-18(27)14-16)24(30)25(31)28(22)19-10-8-17(26)9-11-19/h3-14,22,29H,2H2,1H3/b23-21-. The van der Waals surface area contributed by atoms with E-state index in [1.54, 1.807) is 72.8 Å². The first-order chi connectivity index (χ1) is 15.4. The molecule has 1 heterocycles. The number of ether oxygens (including phenoxy) is 1. The summed E-state index contributed by atoms with van der Waals surface area (Å²) in [6.07, 6.45) is 0. The average Bonchev–Trinajstić information content (AvgIpc) is 3.05. The molecule has 5 nitrogen and oxygen atoms in total. The lowest BCUT2D eigenvalue weighted by Crippen LogP contribution is -2.29. The third kappa shape index (κ3) is 4.09. The fourth-order valence-electron chi connectivity index (χ4n) is 3.72. The van der Waals surface area contributed by atoms with Gasteiger partial charge >= 0.3 is 0 Å². The number of ketones is 1. The number of anilines is 1. The van der Waals surface area contributed by atoms with Crippen molar-refractivity contribution >= 4 is 46.3 Å². The van der Waals surface area contributed by atoms with E-state index in [-0.39, 0.29) is 11.3 Å². The summed E-state index contributed by atoms with van der Waals surface area (Å²) < 4.78 is 5.51. The molecular weight excluding hydrogens is 449 g/mol. The minimum Gasteiger partial charge on any atom is -0.507 e. The highest BCUT2D eigenvalue weighted by atomic mass is 35.5. The Kier molecular flexibility index (Phi) is 6.21. The molecule has 4 rings (SSSR count). The van der Waals surface area contributed by atoms with Crippen molar-refractivity contribution in [3.8, 4) is 5.75 Å². The van der Waals surface area contributed by atoms with E-state index in [1.807, 2.05) is 6.92 Å². The Morgan fingerprint density at radius 1 is 0.969 bits per heavy atom. The zero-order valence-electron chi connectivity index (χ0n) is 17.1. The highest BCUT2D eigenvalue weighted by molar-refractivity contribution is 6.51. The van der Waals surface area contributed by atoms with Crippen LogP contribution in [-0.4, -0.2) is 23.4 Å². The number of rotatable bonds is 5. The Bertz CT molecular complexity index is 1200. The van der Waals surface area contributed by atoms with Gasteiger partial charge in [0.25, 0.3) is 11.7 Å². The van der Waals surface area contributed by atoms with Crippen molar-refractivity contribution in [2.24, 2.45) is 0 Å². The largest absolute Gasteiger partial charge is 0.507 e. The van der Waals surface area contributed by atoms with E-state index in [4.69, 9.17) is 27.9 Å². The molecule has 0 bridgehead atoms. The molecule has 7 heteroatoms. The summed E-state index contributed by atoms with van der Waals surface area (Å²) in [5.41, 5.74) is 1.46. The van der Waals surface area contributed by atoms with Gasteiger partial charge in [0.1, 0.15) is 11.5 Å². The van der Waals surface area contributed by atoms with E-state index in [1.165, 1.54) is 4.90 Å². The predicted octanol–water partition coefficient (Wildman–Crippen LogP) is 6.02. The molecule has 3 aromatic rings. The van der Waals surface area contributed by atoms with E-state index in [0.717, 1.165) is 0 Å². The monoisotopic (exact) mass is 467 g/mol. The number of aliphatic hydroxyl groups excluding tert-OH is 1. The molecule has 1 fully saturated rings. The molecule has 0 spiro atoms. The summed E-state index contributed by atoms with van der Waals surface area (Å²) in [6, 6.07) is 19.3. The number of amides is 1. The maximum atomic E-state index is 13.1. The Hall–Kier alpha value is -3.28. The van der Waals surface area contributed by atoms with E-state index in [0.29, 0.717) is 39.2 Å². The molecule has 0 aromatic heterocycles. The molecule has 1 aliphatic heterocycles. The third-order valence-electron chi connectivity index (χ3n) is 5.15. The van der Waals surface area contributed by atoms with Gasteiger partial charge in [-0.25, -0.2) is 0 Å². The Labute approximate surface area is 195 Å². The van der Waals surface area contributed by atoms with Gasteiger partial charge in [-0.1, -0.05) is 47.5 Å². The van der Waals surface area contributed by atoms with E-state index >= 15 is 0 Å². The van der Waals surface area contributed by atoms with Crippen LogP contribution >= 0.6 is 23.2 Å². The van der Waals surface area contributed by atoms with Gasteiger partial charge in [0, 0.05) is 21.3 Å². The minimum absolute atomic E-state index is 0.0172. The quantitative estimate of drug-likeness (QED) is 0.283. The van der Waals surface area contributed by atoms with Gasteiger partial charge in [0.2, 0.25) is 0 Å². The fourth-order valence-corrected chi connectivity index (χ4v) is 4.04. The lowest BCUT2D eigenvalue weighted by atomic mass is 9.95. The number of hydrogen-bond donors (Lipinski definition) is 1. The Morgan fingerprint density at radius 2 is 1.66 bits per heavy atom. The smallest absolute Gasteiger partial charge is 0.300 e. The third-order valence-corrected chi connectivity index (χ3v) is 5.64. The van der Waals surface area contributed by atoms with E-state index < -0.39 is 17.7 Å². The molecule has 1 N–H and O–H groups in total. The summed E-state index contributed by atoms with van der Waals surface area (Å²) in [5.74, 6) is -1.15. The number of benzene rings is 3. The van der Waals surface area contributed by atoms with Gasteiger partial charge < -0.3 is 9.84 Å². The highest BCUT2D eigenvalue weighted by Crippen LogP contribution is 2.42. The molecule has 0 saturated carbocycles. The van der Waals surface area contributed by atoms with Crippen molar-refractivity contribution in [2.75, 3.05) is 11.5 Å². The normalized spacial score (nSPS) is 17.6. The van der Waals surface area contributed by atoms with Crippen LogP contribution in [0.25, 0.3) is 5.76 Å². The molecule has 0 aliphatic carbocycles. The number of nitrogens with zero attached hydrogens (tertiary/aromatic N) is 1. The zero-order valence-corrected chi connectivity index (χ0v) is 18.6. The highest BCUT2D eigenvalue weighted by Gasteiger charge is 2.47. The first-order valence-corrected chi connectivity index (χ1v) is 10.7. The van der Waals surface area contributed by atoms with Gasteiger partial charge in [0.05, 0.1) is 18.2 Å². The molecule has 32 heavy (non-hydrogen) atoms. The van der Waals surface area contributed by atoms with Crippen LogP contribution in [-0.2, 0) is 9.59 Å². The second-order valence-corrected chi connectivity index (χ2v) is 8.03. The molecule has 1 atom stereocenters. The molecule has 162 valence electrons. The maximum absolute atomic E-state index is 13.1. The van der Waals surface area contributed by atoms with Crippen LogP contribution in [0.2, 0.25) is 10.0 Å². The Balaban J connectivity index is 1.91. The van der Waals surface area contributed by atoms with Crippen LogP contribution < -0.4 is 9.64 Å². The SMILES string of the molecule is CCOc1ccc(C2/C(=C(/O)c3cccc(Cl)c3)C(=O)C(=O)N2c2ccc(Cl)cc2)cc1. The lowest BCUT2D eigenvalue weighted by Gasteiger charge is -2.25. The minimum atomic E-state index is -0.842. The molecule has 1 unspecified atom stereocenters. The van der Waals surface area contributed by atoms with Crippen molar-refractivity contribution in [1.29, 1.82) is 0 Å². The van der Waals surface area contributed by atoms with Crippen LogP contribution in [0.1, 0.15) is 24.1 Å².